The predicted octanol–water partition coefficient (Wildman–Crippen LogP) is 4.13. The highest BCUT2D eigenvalue weighted by Gasteiger charge is 2.55. The minimum Gasteiger partial charge on any atom is -0.393 e. The van der Waals surface area contributed by atoms with Gasteiger partial charge in [-0.1, -0.05) is 32.9 Å². The van der Waals surface area contributed by atoms with E-state index in [2.05, 4.69) is 27.4 Å². The van der Waals surface area contributed by atoms with Crippen LogP contribution in [0.2, 0.25) is 0 Å². The average Bonchev–Trinajstić information content (AvgIpc) is 2.33. The minimum absolute atomic E-state index is 0.0256. The number of hydrogen-bond donors (Lipinski definition) is 1. The van der Waals surface area contributed by atoms with Crippen LogP contribution >= 0.6 is 0 Å². The Morgan fingerprint density at radius 1 is 1.35 bits per heavy atom. The molecule has 2 nitrogen and oxygen atoms in total. The fourth-order valence-corrected chi connectivity index (χ4v) is 5.05. The summed E-state index contributed by atoms with van der Waals surface area (Å²) in [5, 5.41) is 10.4. The van der Waals surface area contributed by atoms with Crippen LogP contribution in [0.25, 0.3) is 0 Å². The Kier molecular flexibility index (Phi) is 4.17. The third kappa shape index (κ3) is 2.47. The van der Waals surface area contributed by atoms with Gasteiger partial charge in [-0.25, -0.2) is 0 Å². The van der Waals surface area contributed by atoms with Gasteiger partial charge in [-0.15, -0.1) is 0 Å². The van der Waals surface area contributed by atoms with Gasteiger partial charge in [0.05, 0.1) is 6.10 Å². The van der Waals surface area contributed by atoms with Gasteiger partial charge in [-0.2, -0.15) is 0 Å². The summed E-state index contributed by atoms with van der Waals surface area (Å²) < 4.78 is 0. The molecule has 0 unspecified atom stereocenters. The summed E-state index contributed by atoms with van der Waals surface area (Å²) in [4.78, 5) is 11.4. The lowest BCUT2D eigenvalue weighted by Crippen LogP contribution is -2.54. The molecule has 1 N–H and O–H groups in total. The molecule has 4 atom stereocenters. The molecule has 0 spiro atoms. The highest BCUT2D eigenvalue weighted by atomic mass is 16.3. The molecule has 0 aromatic carbocycles. The van der Waals surface area contributed by atoms with Crippen LogP contribution in [0.15, 0.2) is 12.2 Å². The molecule has 114 valence electrons. The molecule has 2 aliphatic rings. The van der Waals surface area contributed by atoms with Crippen LogP contribution in [-0.4, -0.2) is 17.0 Å². The normalized spacial score (nSPS) is 40.2. The fourth-order valence-electron chi connectivity index (χ4n) is 5.05. The van der Waals surface area contributed by atoms with Gasteiger partial charge in [0.25, 0.3) is 0 Å². The maximum atomic E-state index is 11.4. The van der Waals surface area contributed by atoms with E-state index in [1.165, 1.54) is 5.57 Å². The summed E-state index contributed by atoms with van der Waals surface area (Å²) in [5.74, 6) is 1.25. The zero-order valence-electron chi connectivity index (χ0n) is 13.5. The van der Waals surface area contributed by atoms with Gasteiger partial charge in [0.15, 0.2) is 0 Å². The standard InChI is InChI=1S/C18H30O2/c1-12-6-9-15-17(3,4)16(20)10-11-18(15,5)14(12)8-7-13(2)19/h14-16,20H,1,6-11H2,2-5H3/t14-,15-,16-,18+/m0/s1. The zero-order chi connectivity index (χ0) is 15.1. The summed E-state index contributed by atoms with van der Waals surface area (Å²) in [6.07, 6.45) is 5.53. The number of aliphatic hydroxyl groups excluding tert-OH is 1. The van der Waals surface area contributed by atoms with Crippen LogP contribution in [0.4, 0.5) is 0 Å². The van der Waals surface area contributed by atoms with Crippen molar-refractivity contribution in [2.75, 3.05) is 0 Å². The van der Waals surface area contributed by atoms with E-state index < -0.39 is 0 Å². The number of carbonyl (C=O) groups excluding carboxylic acids is 1. The third-order valence-electron chi connectivity index (χ3n) is 6.34. The van der Waals surface area contributed by atoms with Gasteiger partial charge in [0.1, 0.15) is 5.78 Å². The van der Waals surface area contributed by atoms with Gasteiger partial charge >= 0.3 is 0 Å². The summed E-state index contributed by atoms with van der Waals surface area (Å²) in [6.45, 7) is 12.8. The summed E-state index contributed by atoms with van der Waals surface area (Å²) in [5.41, 5.74) is 1.51. The molecule has 2 saturated carbocycles. The molecule has 0 aliphatic heterocycles. The van der Waals surface area contributed by atoms with E-state index in [0.29, 0.717) is 18.3 Å². The lowest BCUT2D eigenvalue weighted by atomic mass is 9.46. The smallest absolute Gasteiger partial charge is 0.129 e. The monoisotopic (exact) mass is 278 g/mol. The number of ketones is 1. The van der Waals surface area contributed by atoms with E-state index in [1.54, 1.807) is 6.92 Å². The SMILES string of the molecule is C=C1CC[C@H]2C(C)(C)[C@@H](O)CC[C@]2(C)[C@H]1CCC(C)=O. The number of hydrogen-bond acceptors (Lipinski definition) is 2. The second-order valence-corrected chi connectivity index (χ2v) is 7.92. The summed E-state index contributed by atoms with van der Waals surface area (Å²) >= 11 is 0. The Hall–Kier alpha value is -0.630. The highest BCUT2D eigenvalue weighted by Crippen LogP contribution is 2.61. The zero-order valence-corrected chi connectivity index (χ0v) is 13.5. The molecule has 2 heteroatoms. The van der Waals surface area contributed by atoms with Crippen LogP contribution in [0.5, 0.6) is 0 Å². The number of carbonyl (C=O) groups is 1. The number of fused-ring (bicyclic) bond motifs is 1. The van der Waals surface area contributed by atoms with Crippen molar-refractivity contribution >= 4 is 5.78 Å². The van der Waals surface area contributed by atoms with Crippen molar-refractivity contribution in [1.29, 1.82) is 0 Å². The van der Waals surface area contributed by atoms with E-state index in [-0.39, 0.29) is 22.7 Å². The molecule has 2 fully saturated rings. The highest BCUT2D eigenvalue weighted by molar-refractivity contribution is 5.75. The van der Waals surface area contributed by atoms with E-state index in [9.17, 15) is 9.90 Å². The maximum absolute atomic E-state index is 11.4. The molecule has 2 aliphatic carbocycles. The molecule has 0 aromatic rings. The molecular formula is C18H30O2. The molecule has 0 bridgehead atoms. The van der Waals surface area contributed by atoms with Crippen LogP contribution in [0, 0.1) is 22.7 Å². The minimum atomic E-state index is -0.194. The lowest BCUT2D eigenvalue weighted by molar-refractivity contribution is -0.128. The Morgan fingerprint density at radius 3 is 2.60 bits per heavy atom. The predicted molar refractivity (Wildman–Crippen MR) is 82.4 cm³/mol. The molecule has 0 radical (unpaired) electrons. The van der Waals surface area contributed by atoms with Crippen molar-refractivity contribution in [3.8, 4) is 0 Å². The van der Waals surface area contributed by atoms with Crippen molar-refractivity contribution in [2.45, 2.75) is 72.3 Å². The molecule has 0 heterocycles. The van der Waals surface area contributed by atoms with Crippen molar-refractivity contribution < 1.29 is 9.90 Å². The fraction of sp³-hybridized carbons (Fsp3) is 0.833. The van der Waals surface area contributed by atoms with Crippen molar-refractivity contribution in [2.24, 2.45) is 22.7 Å². The van der Waals surface area contributed by atoms with Crippen LogP contribution in [0.1, 0.15) is 66.2 Å². The van der Waals surface area contributed by atoms with Crippen molar-refractivity contribution in [3.05, 3.63) is 12.2 Å². The van der Waals surface area contributed by atoms with E-state index in [1.807, 2.05) is 0 Å². The summed E-state index contributed by atoms with van der Waals surface area (Å²) in [6, 6.07) is 0. The molecule has 0 aromatic heterocycles. The largest absolute Gasteiger partial charge is 0.393 e. The molecule has 0 amide bonds. The average molecular weight is 278 g/mol. The third-order valence-corrected chi connectivity index (χ3v) is 6.34. The van der Waals surface area contributed by atoms with Gasteiger partial charge in [-0.3, -0.25) is 0 Å². The first kappa shape index (κ1) is 15.8. The Morgan fingerprint density at radius 2 is 2.00 bits per heavy atom. The van der Waals surface area contributed by atoms with Gasteiger partial charge in [0, 0.05) is 6.42 Å². The first-order chi connectivity index (χ1) is 9.19. The van der Waals surface area contributed by atoms with Gasteiger partial charge < -0.3 is 9.90 Å². The van der Waals surface area contributed by atoms with Crippen LogP contribution < -0.4 is 0 Å². The van der Waals surface area contributed by atoms with E-state index in [4.69, 9.17) is 0 Å². The Labute approximate surface area is 123 Å². The number of aliphatic hydroxyl groups is 1. The van der Waals surface area contributed by atoms with Crippen LogP contribution in [0.3, 0.4) is 0 Å². The number of allylic oxidation sites excluding steroid dienone is 1. The Bertz CT molecular complexity index is 410. The van der Waals surface area contributed by atoms with E-state index in [0.717, 1.165) is 32.1 Å². The van der Waals surface area contributed by atoms with Crippen molar-refractivity contribution in [3.63, 3.8) is 0 Å². The first-order valence-electron chi connectivity index (χ1n) is 8.04. The van der Waals surface area contributed by atoms with Gasteiger partial charge in [0.2, 0.25) is 0 Å². The number of rotatable bonds is 3. The lowest BCUT2D eigenvalue weighted by Gasteiger charge is -2.59. The topological polar surface area (TPSA) is 37.3 Å². The molecule has 20 heavy (non-hydrogen) atoms. The molecular weight excluding hydrogens is 248 g/mol. The van der Waals surface area contributed by atoms with Gasteiger partial charge in [-0.05, 0) is 61.7 Å². The molecule has 2 rings (SSSR count). The quantitative estimate of drug-likeness (QED) is 0.788. The Balaban J connectivity index is 2.28. The van der Waals surface area contributed by atoms with Crippen molar-refractivity contribution in [1.82, 2.24) is 0 Å². The van der Waals surface area contributed by atoms with E-state index >= 15 is 0 Å². The second-order valence-electron chi connectivity index (χ2n) is 7.92. The first-order valence-corrected chi connectivity index (χ1v) is 8.04. The summed E-state index contributed by atoms with van der Waals surface area (Å²) in [7, 11) is 0. The second kappa shape index (κ2) is 5.29. The molecule has 0 saturated heterocycles. The maximum Gasteiger partial charge on any atom is 0.129 e. The van der Waals surface area contributed by atoms with Crippen LogP contribution in [-0.2, 0) is 4.79 Å². The number of Topliss-reactive ketones (excluding diaryl/α,β-unsaturated/α-hetero) is 1.